The predicted molar refractivity (Wildman–Crippen MR) is 118 cm³/mol. The molecule has 1 N–H and O–H groups in total. The molecule has 0 spiro atoms. The van der Waals surface area contributed by atoms with E-state index >= 15 is 0 Å². The second kappa shape index (κ2) is 7.12. The lowest BCUT2D eigenvalue weighted by molar-refractivity contribution is 0.0916. The lowest BCUT2D eigenvalue weighted by Gasteiger charge is -2.29. The number of ketones is 1. The van der Waals surface area contributed by atoms with Crippen LogP contribution in [0.25, 0.3) is 0 Å². The zero-order chi connectivity index (χ0) is 20.9. The van der Waals surface area contributed by atoms with Crippen molar-refractivity contribution in [3.05, 3.63) is 47.0 Å². The van der Waals surface area contributed by atoms with Gasteiger partial charge in [0.2, 0.25) is 0 Å². The number of carbonyl (C=O) groups is 1. The second-order valence-corrected chi connectivity index (χ2v) is 9.72. The van der Waals surface area contributed by atoms with Crippen molar-refractivity contribution < 1.29 is 9.53 Å². The van der Waals surface area contributed by atoms with E-state index in [1.165, 1.54) is 11.3 Å². The number of benzene rings is 1. The molecule has 0 unspecified atom stereocenters. The lowest BCUT2D eigenvalue weighted by Crippen LogP contribution is -2.28. The number of thiazole rings is 1. The Morgan fingerprint density at radius 2 is 2.17 bits per heavy atom. The van der Waals surface area contributed by atoms with Gasteiger partial charge in [0, 0.05) is 25.4 Å². The Bertz CT molecular complexity index is 1120. The van der Waals surface area contributed by atoms with Gasteiger partial charge in [-0.25, -0.2) is 9.97 Å². The third kappa shape index (κ3) is 3.45. The van der Waals surface area contributed by atoms with Crippen molar-refractivity contribution >= 4 is 33.6 Å². The fourth-order valence-electron chi connectivity index (χ4n) is 4.10. The quantitative estimate of drug-likeness (QED) is 0.679. The molecule has 2 aromatic heterocycles. The van der Waals surface area contributed by atoms with E-state index < -0.39 is 0 Å². The van der Waals surface area contributed by atoms with Crippen LogP contribution < -0.4 is 15.0 Å². The Morgan fingerprint density at radius 1 is 1.30 bits per heavy atom. The van der Waals surface area contributed by atoms with E-state index in [9.17, 15) is 4.79 Å². The van der Waals surface area contributed by atoms with Gasteiger partial charge in [-0.2, -0.15) is 0 Å². The summed E-state index contributed by atoms with van der Waals surface area (Å²) in [6, 6.07) is 6.11. The normalized spacial score (nSPS) is 17.3. The molecular weight excluding hydrogens is 398 g/mol. The Morgan fingerprint density at radius 3 is 2.97 bits per heavy atom. The number of nitrogens with zero attached hydrogens (tertiary/aromatic N) is 4. The number of carbonyl (C=O) groups excluding carboxylic acids is 1. The van der Waals surface area contributed by atoms with E-state index in [0.717, 1.165) is 44.9 Å². The Hall–Kier alpha value is -2.87. The third-order valence-electron chi connectivity index (χ3n) is 5.67. The maximum absolute atomic E-state index is 12.6. The molecule has 0 atom stereocenters. The van der Waals surface area contributed by atoms with E-state index in [1.54, 1.807) is 6.33 Å². The van der Waals surface area contributed by atoms with Crippen molar-refractivity contribution in [2.24, 2.45) is 12.5 Å². The maximum Gasteiger partial charge on any atom is 0.190 e. The summed E-state index contributed by atoms with van der Waals surface area (Å²) in [5.74, 6) is 1.05. The van der Waals surface area contributed by atoms with Crippen LogP contribution in [-0.4, -0.2) is 33.5 Å². The van der Waals surface area contributed by atoms with E-state index in [-0.39, 0.29) is 11.2 Å². The highest BCUT2D eigenvalue weighted by Crippen LogP contribution is 2.44. The Balaban J connectivity index is 1.44. The molecule has 0 radical (unpaired) electrons. The fraction of sp³-hybridized carbons (Fsp3) is 0.409. The minimum atomic E-state index is -0.0266. The van der Waals surface area contributed by atoms with Crippen molar-refractivity contribution in [2.75, 3.05) is 23.4 Å². The van der Waals surface area contributed by atoms with Gasteiger partial charge >= 0.3 is 0 Å². The van der Waals surface area contributed by atoms with Crippen LogP contribution >= 0.6 is 11.3 Å². The smallest absolute Gasteiger partial charge is 0.190 e. The van der Waals surface area contributed by atoms with Crippen LogP contribution in [0.15, 0.2) is 30.7 Å². The van der Waals surface area contributed by atoms with Gasteiger partial charge in [0.1, 0.15) is 12.4 Å². The first-order valence-electron chi connectivity index (χ1n) is 10.2. The minimum Gasteiger partial charge on any atom is -0.490 e. The number of imidazole rings is 1. The number of rotatable bonds is 4. The molecule has 0 saturated carbocycles. The molecule has 156 valence electrons. The highest BCUT2D eigenvalue weighted by Gasteiger charge is 2.35. The number of ether oxygens (including phenoxy) is 1. The lowest BCUT2D eigenvalue weighted by atomic mass is 9.78. The summed E-state index contributed by atoms with van der Waals surface area (Å²) in [4.78, 5) is 24.7. The van der Waals surface area contributed by atoms with Crippen LogP contribution in [0.5, 0.6) is 5.75 Å². The molecule has 7 nitrogen and oxygen atoms in total. The molecule has 3 heterocycles. The van der Waals surface area contributed by atoms with Gasteiger partial charge in [-0.3, -0.25) is 4.79 Å². The molecule has 1 aliphatic heterocycles. The first kappa shape index (κ1) is 19.1. The van der Waals surface area contributed by atoms with E-state index in [4.69, 9.17) is 9.72 Å². The van der Waals surface area contributed by atoms with Crippen molar-refractivity contribution in [1.82, 2.24) is 14.5 Å². The van der Waals surface area contributed by atoms with Crippen LogP contribution in [-0.2, 0) is 20.0 Å². The van der Waals surface area contributed by atoms with Crippen LogP contribution in [0.2, 0.25) is 0 Å². The van der Waals surface area contributed by atoms with E-state index in [2.05, 4.69) is 35.1 Å². The number of hydrogen-bond donors (Lipinski definition) is 1. The van der Waals surface area contributed by atoms with Gasteiger partial charge in [0.25, 0.3) is 0 Å². The average molecular weight is 424 g/mol. The highest BCUT2D eigenvalue weighted by atomic mass is 32.1. The minimum absolute atomic E-state index is 0.0266. The number of Topliss-reactive ketones (excluding diaryl/α,β-unsaturated/α-hetero) is 1. The molecular formula is C22H25N5O2S. The largest absolute Gasteiger partial charge is 0.490 e. The van der Waals surface area contributed by atoms with Gasteiger partial charge in [-0.15, -0.1) is 0 Å². The maximum atomic E-state index is 12.6. The van der Waals surface area contributed by atoms with Crippen LogP contribution in [0.4, 0.5) is 16.5 Å². The molecule has 5 rings (SSSR count). The fourth-order valence-corrected chi connectivity index (χ4v) is 5.16. The summed E-state index contributed by atoms with van der Waals surface area (Å²) in [7, 11) is 1.99. The average Bonchev–Trinajstić information content (AvgIpc) is 3.31. The molecule has 0 fully saturated rings. The standard InChI is InChI=1S/C22H25N5O2S/c1-22(2)9-16-20(18(28)10-22)30-21(25-16)27-6-7-29-19-5-4-14(8-17(19)27)24-12-15-11-23-13-26(15)3/h4-5,8,11,13,24H,6-7,9-10,12H2,1-3H3. The number of anilines is 3. The van der Waals surface area contributed by atoms with Crippen LogP contribution in [0.3, 0.4) is 0 Å². The van der Waals surface area contributed by atoms with Crippen LogP contribution in [0.1, 0.15) is 41.3 Å². The summed E-state index contributed by atoms with van der Waals surface area (Å²) in [6.07, 6.45) is 5.09. The SMILES string of the molecule is Cn1cncc1CNc1ccc2c(c1)N(c1nc3c(s1)C(=O)CC(C)(C)C3)CCO2. The molecule has 8 heteroatoms. The summed E-state index contributed by atoms with van der Waals surface area (Å²) >= 11 is 1.51. The number of fused-ring (bicyclic) bond motifs is 2. The molecule has 0 amide bonds. The summed E-state index contributed by atoms with van der Waals surface area (Å²) in [5, 5.41) is 4.34. The van der Waals surface area contributed by atoms with Gasteiger partial charge in [-0.05, 0) is 30.0 Å². The number of nitrogens with one attached hydrogen (secondary N) is 1. The van der Waals surface area contributed by atoms with E-state index in [0.29, 0.717) is 26.1 Å². The first-order chi connectivity index (χ1) is 14.4. The number of aryl methyl sites for hydroxylation is 1. The van der Waals surface area contributed by atoms with Gasteiger partial charge < -0.3 is 19.5 Å². The molecule has 3 aromatic rings. The molecule has 30 heavy (non-hydrogen) atoms. The van der Waals surface area contributed by atoms with Gasteiger partial charge in [0.05, 0.1) is 41.4 Å². The summed E-state index contributed by atoms with van der Waals surface area (Å²) < 4.78 is 7.88. The first-order valence-corrected chi connectivity index (χ1v) is 11.0. The monoisotopic (exact) mass is 423 g/mol. The molecule has 2 aliphatic rings. The zero-order valence-corrected chi connectivity index (χ0v) is 18.3. The van der Waals surface area contributed by atoms with E-state index in [1.807, 2.05) is 29.9 Å². The molecule has 1 aromatic carbocycles. The molecule has 1 aliphatic carbocycles. The molecule has 0 saturated heterocycles. The Kier molecular flexibility index (Phi) is 4.54. The van der Waals surface area contributed by atoms with Crippen molar-refractivity contribution in [3.8, 4) is 5.75 Å². The zero-order valence-electron chi connectivity index (χ0n) is 17.4. The van der Waals surface area contributed by atoms with Crippen LogP contribution in [0, 0.1) is 5.41 Å². The molecule has 0 bridgehead atoms. The number of aromatic nitrogens is 3. The topological polar surface area (TPSA) is 72.3 Å². The Labute approximate surface area is 179 Å². The van der Waals surface area contributed by atoms with Crippen molar-refractivity contribution in [2.45, 2.75) is 33.2 Å². The third-order valence-corrected chi connectivity index (χ3v) is 6.83. The van der Waals surface area contributed by atoms with Gasteiger partial charge in [0.15, 0.2) is 10.9 Å². The van der Waals surface area contributed by atoms with Crippen molar-refractivity contribution in [1.29, 1.82) is 0 Å². The highest BCUT2D eigenvalue weighted by molar-refractivity contribution is 7.17. The number of hydrogen-bond acceptors (Lipinski definition) is 7. The summed E-state index contributed by atoms with van der Waals surface area (Å²) in [5.41, 5.74) is 4.00. The van der Waals surface area contributed by atoms with Gasteiger partial charge in [-0.1, -0.05) is 25.2 Å². The van der Waals surface area contributed by atoms with Crippen molar-refractivity contribution in [3.63, 3.8) is 0 Å². The second-order valence-electron chi connectivity index (χ2n) is 8.75. The predicted octanol–water partition coefficient (Wildman–Crippen LogP) is 4.17. The summed E-state index contributed by atoms with van der Waals surface area (Å²) in [6.45, 7) is 6.26.